The molecule has 5 heteroatoms. The van der Waals surface area contributed by atoms with Crippen molar-refractivity contribution in [3.05, 3.63) is 102 Å². The number of methoxy groups -OCH3 is 1. The Morgan fingerprint density at radius 2 is 1.94 bits per heavy atom. The van der Waals surface area contributed by atoms with Crippen LogP contribution in [0, 0.1) is 6.92 Å². The topological polar surface area (TPSA) is 55.6 Å². The van der Waals surface area contributed by atoms with Crippen LogP contribution in [0.5, 0.6) is 5.75 Å². The lowest BCUT2D eigenvalue weighted by molar-refractivity contribution is -0.121. The number of amides is 1. The summed E-state index contributed by atoms with van der Waals surface area (Å²) in [6.45, 7) is 2.66. The fourth-order valence-electron chi connectivity index (χ4n) is 3.93. The second-order valence-corrected chi connectivity index (χ2v) is 7.69. The van der Waals surface area contributed by atoms with E-state index in [1.165, 1.54) is 5.56 Å². The number of carbonyl (C=O) groups excluding carboxylic acids is 1. The molecule has 0 saturated carbocycles. The number of carbonyl (C=O) groups is 1. The highest BCUT2D eigenvalue weighted by atomic mass is 16.5. The zero-order chi connectivity index (χ0) is 21.6. The van der Waals surface area contributed by atoms with E-state index in [2.05, 4.69) is 26.8 Å². The molecular weight excluding hydrogens is 386 g/mol. The summed E-state index contributed by atoms with van der Waals surface area (Å²) in [6.07, 6.45) is 5.03. The average molecular weight is 414 g/mol. The van der Waals surface area contributed by atoms with Crippen LogP contribution < -0.4 is 10.1 Å². The van der Waals surface area contributed by atoms with E-state index in [4.69, 9.17) is 4.74 Å². The van der Waals surface area contributed by atoms with Gasteiger partial charge in [-0.05, 0) is 48.2 Å². The van der Waals surface area contributed by atoms with Crippen molar-refractivity contribution >= 4 is 11.6 Å². The molecule has 2 aromatic heterocycles. The van der Waals surface area contributed by atoms with Crippen LogP contribution in [0.25, 0.3) is 5.65 Å². The molecule has 0 unspecified atom stereocenters. The number of rotatable bonds is 8. The van der Waals surface area contributed by atoms with Crippen LogP contribution in [0.2, 0.25) is 0 Å². The third-order valence-electron chi connectivity index (χ3n) is 5.58. The predicted molar refractivity (Wildman–Crippen MR) is 123 cm³/mol. The molecule has 31 heavy (non-hydrogen) atoms. The molecule has 1 atom stereocenters. The lowest BCUT2D eigenvalue weighted by Crippen LogP contribution is -2.27. The SMILES string of the molecule is COc1cccc([C@H](CC(=O)NCCc2ccccc2)c2cnc3c(C)cccn23)c1. The first-order valence-corrected chi connectivity index (χ1v) is 10.5. The van der Waals surface area contributed by atoms with Gasteiger partial charge in [-0.25, -0.2) is 4.98 Å². The Hall–Kier alpha value is -3.60. The van der Waals surface area contributed by atoms with Crippen LogP contribution in [0.3, 0.4) is 0 Å². The summed E-state index contributed by atoms with van der Waals surface area (Å²) in [5.74, 6) is 0.659. The summed E-state index contributed by atoms with van der Waals surface area (Å²) >= 11 is 0. The molecule has 2 aromatic carbocycles. The normalized spacial score (nSPS) is 11.9. The van der Waals surface area contributed by atoms with Crippen LogP contribution in [0.1, 0.15) is 34.7 Å². The summed E-state index contributed by atoms with van der Waals surface area (Å²) in [5.41, 5.74) is 5.25. The Kier molecular flexibility index (Phi) is 6.32. The average Bonchev–Trinajstić information content (AvgIpc) is 3.23. The van der Waals surface area contributed by atoms with Crippen molar-refractivity contribution in [2.24, 2.45) is 0 Å². The maximum atomic E-state index is 12.9. The fourth-order valence-corrected chi connectivity index (χ4v) is 3.93. The van der Waals surface area contributed by atoms with Gasteiger partial charge in [0.15, 0.2) is 0 Å². The Morgan fingerprint density at radius 3 is 2.74 bits per heavy atom. The van der Waals surface area contributed by atoms with E-state index < -0.39 is 0 Å². The number of benzene rings is 2. The number of nitrogens with zero attached hydrogens (tertiary/aromatic N) is 2. The number of pyridine rings is 1. The quantitative estimate of drug-likeness (QED) is 0.462. The monoisotopic (exact) mass is 413 g/mol. The zero-order valence-electron chi connectivity index (χ0n) is 17.9. The van der Waals surface area contributed by atoms with E-state index in [1.807, 2.05) is 73.9 Å². The highest BCUT2D eigenvalue weighted by Crippen LogP contribution is 2.31. The molecule has 4 aromatic rings. The van der Waals surface area contributed by atoms with E-state index >= 15 is 0 Å². The van der Waals surface area contributed by atoms with Crippen LogP contribution >= 0.6 is 0 Å². The third kappa shape index (κ3) is 4.77. The number of nitrogens with one attached hydrogen (secondary N) is 1. The third-order valence-corrected chi connectivity index (χ3v) is 5.58. The van der Waals surface area contributed by atoms with Gasteiger partial charge < -0.3 is 14.5 Å². The van der Waals surface area contributed by atoms with Gasteiger partial charge in [-0.3, -0.25) is 4.79 Å². The lowest BCUT2D eigenvalue weighted by Gasteiger charge is -2.18. The van der Waals surface area contributed by atoms with Gasteiger partial charge in [-0.1, -0.05) is 48.5 Å². The molecule has 0 aliphatic rings. The molecule has 1 amide bonds. The van der Waals surface area contributed by atoms with Gasteiger partial charge in [-0.15, -0.1) is 0 Å². The minimum Gasteiger partial charge on any atom is -0.497 e. The Bertz CT molecular complexity index is 1170. The van der Waals surface area contributed by atoms with Gasteiger partial charge in [0.05, 0.1) is 12.8 Å². The molecule has 0 aliphatic carbocycles. The Morgan fingerprint density at radius 1 is 1.10 bits per heavy atom. The largest absolute Gasteiger partial charge is 0.497 e. The second kappa shape index (κ2) is 9.47. The molecule has 0 aliphatic heterocycles. The molecule has 0 spiro atoms. The molecule has 0 bridgehead atoms. The molecule has 2 heterocycles. The van der Waals surface area contributed by atoms with E-state index in [0.29, 0.717) is 13.0 Å². The van der Waals surface area contributed by atoms with Crippen LogP contribution in [0.15, 0.2) is 79.1 Å². The maximum absolute atomic E-state index is 12.9. The highest BCUT2D eigenvalue weighted by molar-refractivity contribution is 5.77. The highest BCUT2D eigenvalue weighted by Gasteiger charge is 2.22. The number of hydrogen-bond acceptors (Lipinski definition) is 3. The molecule has 158 valence electrons. The van der Waals surface area contributed by atoms with E-state index in [-0.39, 0.29) is 11.8 Å². The molecule has 0 saturated heterocycles. The molecule has 0 radical (unpaired) electrons. The molecule has 1 N–H and O–H groups in total. The van der Waals surface area contributed by atoms with E-state index in [1.54, 1.807) is 7.11 Å². The zero-order valence-corrected chi connectivity index (χ0v) is 17.9. The predicted octanol–water partition coefficient (Wildman–Crippen LogP) is 4.53. The van der Waals surface area contributed by atoms with Crippen LogP contribution in [-0.2, 0) is 11.2 Å². The van der Waals surface area contributed by atoms with Gasteiger partial charge in [0.25, 0.3) is 0 Å². The Labute approximate surface area is 182 Å². The number of imidazole rings is 1. The molecule has 5 nitrogen and oxygen atoms in total. The van der Waals surface area contributed by atoms with Gasteiger partial charge >= 0.3 is 0 Å². The second-order valence-electron chi connectivity index (χ2n) is 7.69. The summed E-state index contributed by atoms with van der Waals surface area (Å²) < 4.78 is 7.50. The number of ether oxygens (including phenoxy) is 1. The van der Waals surface area contributed by atoms with Crippen molar-refractivity contribution in [1.82, 2.24) is 14.7 Å². The van der Waals surface area contributed by atoms with Crippen molar-refractivity contribution in [1.29, 1.82) is 0 Å². The van der Waals surface area contributed by atoms with E-state index in [9.17, 15) is 4.79 Å². The maximum Gasteiger partial charge on any atom is 0.221 e. The first-order chi connectivity index (χ1) is 15.2. The molecule has 4 rings (SSSR count). The molecule has 0 fully saturated rings. The number of aromatic nitrogens is 2. The van der Waals surface area contributed by atoms with Gasteiger partial charge in [0, 0.05) is 31.3 Å². The number of hydrogen-bond donors (Lipinski definition) is 1. The van der Waals surface area contributed by atoms with Crippen LogP contribution in [-0.4, -0.2) is 28.9 Å². The summed E-state index contributed by atoms with van der Waals surface area (Å²) in [6, 6.07) is 22.2. The van der Waals surface area contributed by atoms with Gasteiger partial charge in [0.2, 0.25) is 5.91 Å². The van der Waals surface area contributed by atoms with Crippen LogP contribution in [0.4, 0.5) is 0 Å². The first-order valence-electron chi connectivity index (χ1n) is 10.5. The smallest absolute Gasteiger partial charge is 0.221 e. The minimum absolute atomic E-state index is 0.0198. The summed E-state index contributed by atoms with van der Waals surface area (Å²) in [5, 5.41) is 3.08. The van der Waals surface area contributed by atoms with Crippen molar-refractivity contribution in [2.45, 2.75) is 25.7 Å². The fraction of sp³-hybridized carbons (Fsp3) is 0.231. The Balaban J connectivity index is 1.58. The van der Waals surface area contributed by atoms with Crippen molar-refractivity contribution in [3.8, 4) is 5.75 Å². The first kappa shape index (κ1) is 20.7. The number of aryl methyl sites for hydroxylation is 1. The molecular formula is C26H27N3O2. The summed E-state index contributed by atoms with van der Waals surface area (Å²) in [4.78, 5) is 17.5. The van der Waals surface area contributed by atoms with Crippen molar-refractivity contribution in [2.75, 3.05) is 13.7 Å². The van der Waals surface area contributed by atoms with E-state index in [0.717, 1.165) is 34.6 Å². The summed E-state index contributed by atoms with van der Waals surface area (Å²) in [7, 11) is 1.65. The standard InChI is InChI=1S/C26H27N3O2/c1-19-8-7-15-29-24(18-28-26(19)29)23(21-11-6-12-22(16-21)31-2)17-25(30)27-14-13-20-9-4-3-5-10-20/h3-12,15-16,18,23H,13-14,17H2,1-2H3,(H,27,30)/t23-/m0/s1. The van der Waals surface area contributed by atoms with Crippen molar-refractivity contribution < 1.29 is 9.53 Å². The minimum atomic E-state index is -0.136. The van der Waals surface area contributed by atoms with Gasteiger partial charge in [-0.2, -0.15) is 0 Å². The van der Waals surface area contributed by atoms with Gasteiger partial charge in [0.1, 0.15) is 11.4 Å². The number of fused-ring (bicyclic) bond motifs is 1. The lowest BCUT2D eigenvalue weighted by atomic mass is 9.92. The van der Waals surface area contributed by atoms with Crippen molar-refractivity contribution in [3.63, 3.8) is 0 Å².